The molecule has 0 saturated heterocycles. The van der Waals surface area contributed by atoms with Gasteiger partial charge in [-0.3, -0.25) is 71.9 Å². The van der Waals surface area contributed by atoms with Crippen molar-refractivity contribution in [1.82, 2.24) is 74.4 Å². The van der Waals surface area contributed by atoms with Gasteiger partial charge in [-0.2, -0.15) is 12.6 Å². The Labute approximate surface area is 714 Å². The Kier molecular flexibility index (Phi) is 63.0. The molecule has 0 radical (unpaired) electrons. The average Bonchev–Trinajstić information content (AvgIpc) is 0.862. The summed E-state index contributed by atoms with van der Waals surface area (Å²) in [6.45, 7) is 10.3. The van der Waals surface area contributed by atoms with Gasteiger partial charge in [0.2, 0.25) is 88.6 Å². The normalized spacial score (nSPS) is 15.1. The van der Waals surface area contributed by atoms with Gasteiger partial charge in [-0.25, -0.2) is 0 Å². The molecule has 0 aromatic carbocycles. The van der Waals surface area contributed by atoms with Crippen LogP contribution in [-0.4, -0.2) is 250 Å². The fourth-order valence-corrected chi connectivity index (χ4v) is 12.8. The van der Waals surface area contributed by atoms with Crippen LogP contribution in [0.25, 0.3) is 0 Å². The Morgan fingerprint density at radius 2 is 0.367 bits per heavy atom. The highest BCUT2D eigenvalue weighted by Gasteiger charge is 2.38. The molecule has 0 saturated carbocycles. The van der Waals surface area contributed by atoms with E-state index < -0.39 is 179 Å². The number of hydrogen-bond acceptors (Lipinski definition) is 27. The van der Waals surface area contributed by atoms with E-state index in [1.165, 1.54) is 20.8 Å². The highest BCUT2D eigenvalue weighted by atomic mass is 32.1. The maximum absolute atomic E-state index is 14.6. The summed E-state index contributed by atoms with van der Waals surface area (Å²) in [6.07, 6.45) is 8.93. The molecular formula is C78H154N26O15S. The van der Waals surface area contributed by atoms with E-state index in [4.69, 9.17) is 68.8 Å². The Bertz CT molecular complexity index is 3040. The minimum atomic E-state index is -1.37. The first-order valence-corrected chi connectivity index (χ1v) is 43.8. The summed E-state index contributed by atoms with van der Waals surface area (Å²) < 4.78 is 0. The summed E-state index contributed by atoms with van der Waals surface area (Å²) >= 11 is 4.10. The third kappa shape index (κ3) is 48.6. The highest BCUT2D eigenvalue weighted by Crippen LogP contribution is 2.16. The second-order valence-corrected chi connectivity index (χ2v) is 31.4. The number of primary amides is 1. The van der Waals surface area contributed by atoms with E-state index >= 15 is 0 Å². The Morgan fingerprint density at radius 3 is 0.533 bits per heavy atom. The molecule has 0 bridgehead atoms. The standard InChI is InChI=1S/C78H154N26O15S/c1-48(2)46-63(104-77(118)57(30-10-20-40-83)95-66(107)51(5)92-69(110)54(27-7-17-37-80)98-74(115)59(32-12-22-42-85)100-72(113)58(31-11-21-41-84)96-67(108)52(89)47-120)78(119)103-55(28-8-18-38-81)70(111)93-50(4)65(106)94-56(29-9-19-39-82)71(112)99-61(34-14-24-44-87)75(116)102-62(35-15-25-45-88)76(117)101-60(33-13-23-43-86)73(114)97-53(26-6-16-36-79)68(109)91-49(3)64(90)105/h48-63,120H,6-47,79-89H2,1-5H3,(H2,90,105)(H,91,109)(H,92,110)(H,93,111)(H,94,106)(H,95,107)(H,96,108)(H,97,114)(H,98,115)(H,99,112)(H,100,113)(H,101,117)(H,102,116)(H,103,119)(H,104,118)/t49-,50-,51-,52-,53-,54-,55-,56-,57-,58-,59-,60-,61-,62-,63-/m0/s1. The molecule has 0 aliphatic heterocycles. The van der Waals surface area contributed by atoms with Crippen molar-refractivity contribution >= 4 is 101 Å². The van der Waals surface area contributed by atoms with Crippen LogP contribution < -0.4 is 143 Å². The first-order chi connectivity index (χ1) is 57.2. The number of rotatable bonds is 72. The number of unbranched alkanes of at least 4 members (excludes halogenated alkanes) is 10. The SMILES string of the molecule is CC(C)C[C@H](NC(=O)[C@H](CCCCN)NC(=O)[C@H](C)NC(=O)[C@H](CCCCN)NC(=O)[C@H](CCCCN)NC(=O)[C@H](CCCCN)NC(=O)[C@@H](N)CS)C(=O)N[C@@H](CCCCN)C(=O)N[C@@H](C)C(=O)N[C@@H](CCCCN)C(=O)N[C@@H](CCCCN)C(=O)N[C@@H](CCCCN)C(=O)N[C@@H](CCCCN)C(=O)N[C@@H](CCCCN)C(=O)N[C@@H](C)C(N)=O. The third-order valence-corrected chi connectivity index (χ3v) is 20.4. The molecule has 0 aliphatic carbocycles. The van der Waals surface area contributed by atoms with Crippen LogP contribution in [0.2, 0.25) is 0 Å². The minimum Gasteiger partial charge on any atom is -0.368 e. The second-order valence-electron chi connectivity index (χ2n) is 31.0. The lowest BCUT2D eigenvalue weighted by Gasteiger charge is -2.28. The predicted molar refractivity (Wildman–Crippen MR) is 464 cm³/mol. The third-order valence-electron chi connectivity index (χ3n) is 20.0. The number of carbonyl (C=O) groups excluding carboxylic acids is 15. The quantitative estimate of drug-likeness (QED) is 0.0199. The topological polar surface area (TPSA) is 737 Å². The summed E-state index contributed by atoms with van der Waals surface area (Å²) in [5, 5.41) is 37.8. The van der Waals surface area contributed by atoms with Crippen molar-refractivity contribution in [2.75, 3.05) is 71.2 Å². The highest BCUT2D eigenvalue weighted by molar-refractivity contribution is 7.80. The van der Waals surface area contributed by atoms with Crippen molar-refractivity contribution in [3.05, 3.63) is 0 Å². The van der Waals surface area contributed by atoms with E-state index in [0.717, 1.165) is 0 Å². The maximum atomic E-state index is 14.6. The smallest absolute Gasteiger partial charge is 0.243 e. The molecule has 0 aliphatic rings. The molecule has 15 amide bonds. The lowest BCUT2D eigenvalue weighted by molar-refractivity contribution is -0.136. The van der Waals surface area contributed by atoms with E-state index in [0.29, 0.717) is 142 Å². The number of hydrogen-bond donors (Lipinski definition) is 27. The molecule has 0 fully saturated rings. The Morgan fingerprint density at radius 1 is 0.217 bits per heavy atom. The van der Waals surface area contributed by atoms with Crippen molar-refractivity contribution in [1.29, 1.82) is 0 Å². The summed E-state index contributed by atoms with van der Waals surface area (Å²) in [5.41, 5.74) is 69.5. The number of nitrogens with two attached hydrogens (primary N) is 12. The van der Waals surface area contributed by atoms with Crippen LogP contribution in [0.15, 0.2) is 0 Å². The van der Waals surface area contributed by atoms with Crippen molar-refractivity contribution in [2.45, 2.75) is 324 Å². The van der Waals surface area contributed by atoms with E-state index in [1.54, 1.807) is 13.8 Å². The minimum absolute atomic E-state index is 0.000844. The van der Waals surface area contributed by atoms with Crippen LogP contribution in [-0.2, 0) is 71.9 Å². The van der Waals surface area contributed by atoms with Crippen LogP contribution in [0.5, 0.6) is 0 Å². The van der Waals surface area contributed by atoms with Gasteiger partial charge in [0.25, 0.3) is 0 Å². The van der Waals surface area contributed by atoms with Gasteiger partial charge < -0.3 is 143 Å². The van der Waals surface area contributed by atoms with Crippen LogP contribution >= 0.6 is 12.6 Å². The van der Waals surface area contributed by atoms with Gasteiger partial charge in [0.05, 0.1) is 6.04 Å². The Hall–Kier alpha value is -8.04. The largest absolute Gasteiger partial charge is 0.368 e. The maximum Gasteiger partial charge on any atom is 0.243 e. The number of amides is 15. The first kappa shape index (κ1) is 112. The first-order valence-electron chi connectivity index (χ1n) is 43.1. The molecule has 38 N–H and O–H groups in total. The van der Waals surface area contributed by atoms with Gasteiger partial charge in [0.15, 0.2) is 0 Å². The van der Waals surface area contributed by atoms with Gasteiger partial charge in [0.1, 0.15) is 84.6 Å². The fourth-order valence-electron chi connectivity index (χ4n) is 12.6. The predicted octanol–water partition coefficient (Wildman–Crippen LogP) is -6.09. The van der Waals surface area contributed by atoms with Crippen molar-refractivity contribution < 1.29 is 71.9 Å². The monoisotopic (exact) mass is 1730 g/mol. The van der Waals surface area contributed by atoms with E-state index in [1.807, 2.05) is 0 Å². The van der Waals surface area contributed by atoms with Crippen LogP contribution in [0, 0.1) is 5.92 Å². The van der Waals surface area contributed by atoms with Crippen LogP contribution in [0.3, 0.4) is 0 Å². The summed E-state index contributed by atoms with van der Waals surface area (Å²) in [4.78, 5) is 210. The van der Waals surface area contributed by atoms with Crippen molar-refractivity contribution in [2.24, 2.45) is 74.7 Å². The molecule has 0 aromatic heterocycles. The van der Waals surface area contributed by atoms with Gasteiger partial charge >= 0.3 is 0 Å². The summed E-state index contributed by atoms with van der Waals surface area (Å²) in [5.74, 6) is -11.7. The zero-order valence-corrected chi connectivity index (χ0v) is 72.8. The number of carbonyl (C=O) groups is 15. The van der Waals surface area contributed by atoms with E-state index in [-0.39, 0.29) is 135 Å². The lowest BCUT2D eigenvalue weighted by atomic mass is 10.0. The van der Waals surface area contributed by atoms with E-state index in [9.17, 15) is 71.9 Å². The second kappa shape index (κ2) is 67.5. The van der Waals surface area contributed by atoms with Gasteiger partial charge in [-0.15, -0.1) is 0 Å². The Balaban J connectivity index is 7.09. The molecule has 0 rings (SSSR count). The van der Waals surface area contributed by atoms with Crippen molar-refractivity contribution in [3.63, 3.8) is 0 Å². The summed E-state index contributed by atoms with van der Waals surface area (Å²) in [7, 11) is 0. The van der Waals surface area contributed by atoms with Gasteiger partial charge in [-0.05, 0) is 291 Å². The van der Waals surface area contributed by atoms with Crippen LogP contribution in [0.4, 0.5) is 0 Å². The zero-order valence-electron chi connectivity index (χ0n) is 71.9. The molecule has 15 atom stereocenters. The average molecular weight is 1730 g/mol. The fraction of sp³-hybridized carbons (Fsp3) is 0.808. The zero-order chi connectivity index (χ0) is 90.5. The lowest BCUT2D eigenvalue weighted by Crippen LogP contribution is -2.60. The van der Waals surface area contributed by atoms with Gasteiger partial charge in [-0.1, -0.05) is 13.8 Å². The summed E-state index contributed by atoms with van der Waals surface area (Å²) in [6, 6.07) is -18.7. The molecule has 42 heteroatoms. The van der Waals surface area contributed by atoms with E-state index in [2.05, 4.69) is 87.1 Å². The molecule has 692 valence electrons. The molecule has 0 unspecified atom stereocenters. The molecular weight excluding hydrogens is 1570 g/mol. The number of nitrogens with one attached hydrogen (secondary N) is 14. The molecule has 120 heavy (non-hydrogen) atoms. The molecule has 0 aromatic rings. The van der Waals surface area contributed by atoms with Gasteiger partial charge in [0, 0.05) is 5.75 Å². The number of thiol groups is 1. The molecule has 41 nitrogen and oxygen atoms in total. The van der Waals surface area contributed by atoms with Crippen LogP contribution in [0.1, 0.15) is 234 Å². The van der Waals surface area contributed by atoms with Crippen molar-refractivity contribution in [3.8, 4) is 0 Å². The molecule has 0 heterocycles. The molecule has 0 spiro atoms.